The third kappa shape index (κ3) is 3.96. The lowest BCUT2D eigenvalue weighted by atomic mass is 9.82. The van der Waals surface area contributed by atoms with Crippen molar-refractivity contribution in [2.24, 2.45) is 0 Å². The largest absolute Gasteiger partial charge is 0.479 e. The zero-order valence-electron chi connectivity index (χ0n) is 11.8. The normalized spacial score (nSPS) is 17.4. The van der Waals surface area contributed by atoms with Crippen molar-refractivity contribution in [3.63, 3.8) is 0 Å². The van der Waals surface area contributed by atoms with Crippen LogP contribution >= 0.6 is 0 Å². The van der Waals surface area contributed by atoms with Crippen LogP contribution in [0.4, 0.5) is 0 Å². The van der Waals surface area contributed by atoms with Crippen LogP contribution in [0.2, 0.25) is 0 Å². The van der Waals surface area contributed by atoms with Crippen molar-refractivity contribution in [1.29, 1.82) is 5.26 Å². The second-order valence-corrected chi connectivity index (χ2v) is 5.45. The first-order chi connectivity index (χ1) is 9.78. The number of nitrogens with one attached hydrogen (secondary N) is 1. The van der Waals surface area contributed by atoms with Gasteiger partial charge in [0.1, 0.15) is 11.8 Å². The summed E-state index contributed by atoms with van der Waals surface area (Å²) < 4.78 is 5.30. The predicted octanol–water partition coefficient (Wildman–Crippen LogP) is 2.37. The Morgan fingerprint density at radius 3 is 2.80 bits per heavy atom. The molecule has 108 valence electrons. The molecule has 20 heavy (non-hydrogen) atoms. The number of hydrogen-bond acceptors (Lipinski definition) is 4. The molecule has 0 aromatic heterocycles. The minimum atomic E-state index is -0.123. The van der Waals surface area contributed by atoms with Gasteiger partial charge in [0.25, 0.3) is 0 Å². The van der Waals surface area contributed by atoms with Gasteiger partial charge < -0.3 is 15.2 Å². The maximum absolute atomic E-state index is 9.67. The number of hydrogen-bond donors (Lipinski definition) is 2. The maximum Gasteiger partial charge on any atom is 0.174 e. The Morgan fingerprint density at radius 1 is 1.30 bits per heavy atom. The van der Waals surface area contributed by atoms with E-state index in [9.17, 15) is 5.11 Å². The molecule has 4 nitrogen and oxygen atoms in total. The van der Waals surface area contributed by atoms with Gasteiger partial charge >= 0.3 is 0 Å². The van der Waals surface area contributed by atoms with Crippen molar-refractivity contribution >= 4 is 0 Å². The molecule has 1 aromatic carbocycles. The Hall–Kier alpha value is -1.57. The lowest BCUT2D eigenvalue weighted by molar-refractivity contribution is 0.119. The van der Waals surface area contributed by atoms with Crippen LogP contribution in [-0.2, 0) is 6.54 Å². The van der Waals surface area contributed by atoms with Gasteiger partial charge in [-0.2, -0.15) is 5.26 Å². The molecule has 0 heterocycles. The number of aliphatic hydroxyl groups is 1. The average Bonchev–Trinajstić information content (AvgIpc) is 2.52. The summed E-state index contributed by atoms with van der Waals surface area (Å²) in [4.78, 5) is 0. The van der Waals surface area contributed by atoms with E-state index in [4.69, 9.17) is 10.00 Å². The van der Waals surface area contributed by atoms with E-state index in [2.05, 4.69) is 5.32 Å². The van der Waals surface area contributed by atoms with Crippen LogP contribution < -0.4 is 10.1 Å². The van der Waals surface area contributed by atoms with Crippen LogP contribution in [-0.4, -0.2) is 23.9 Å². The Labute approximate surface area is 120 Å². The van der Waals surface area contributed by atoms with Gasteiger partial charge in [-0.25, -0.2) is 0 Å². The molecule has 1 fully saturated rings. The molecule has 0 unspecified atom stereocenters. The third-order valence-corrected chi connectivity index (χ3v) is 3.98. The summed E-state index contributed by atoms with van der Waals surface area (Å²) in [6.07, 6.45) is 5.70. The minimum Gasteiger partial charge on any atom is -0.479 e. The van der Waals surface area contributed by atoms with Crippen molar-refractivity contribution < 1.29 is 9.84 Å². The van der Waals surface area contributed by atoms with Crippen LogP contribution in [0.25, 0.3) is 0 Å². The van der Waals surface area contributed by atoms with Gasteiger partial charge in [0.15, 0.2) is 6.61 Å². The van der Waals surface area contributed by atoms with E-state index < -0.39 is 0 Å². The summed E-state index contributed by atoms with van der Waals surface area (Å²) in [6, 6.07) is 9.71. The van der Waals surface area contributed by atoms with E-state index in [1.54, 1.807) is 0 Å². The molecule has 1 aromatic rings. The van der Waals surface area contributed by atoms with Crippen LogP contribution in [0.15, 0.2) is 24.3 Å². The highest BCUT2D eigenvalue weighted by Gasteiger charge is 2.30. The number of benzene rings is 1. The van der Waals surface area contributed by atoms with Crippen LogP contribution in [0.1, 0.15) is 37.7 Å². The molecule has 0 atom stereocenters. The fourth-order valence-corrected chi connectivity index (χ4v) is 2.77. The summed E-state index contributed by atoms with van der Waals surface area (Å²) in [5.41, 5.74) is 0.987. The second-order valence-electron chi connectivity index (χ2n) is 5.45. The highest BCUT2D eigenvalue weighted by molar-refractivity contribution is 5.28. The maximum atomic E-state index is 9.67. The lowest BCUT2D eigenvalue weighted by Crippen LogP contribution is -2.49. The van der Waals surface area contributed by atoms with Crippen molar-refractivity contribution in [3.8, 4) is 11.8 Å². The van der Waals surface area contributed by atoms with Gasteiger partial charge in [-0.15, -0.1) is 0 Å². The Balaban J connectivity index is 1.94. The zero-order chi connectivity index (χ0) is 14.3. The molecule has 4 heteroatoms. The van der Waals surface area contributed by atoms with E-state index in [0.29, 0.717) is 12.3 Å². The molecule has 2 rings (SSSR count). The molecule has 0 amide bonds. The number of rotatable bonds is 6. The van der Waals surface area contributed by atoms with E-state index >= 15 is 0 Å². The summed E-state index contributed by atoms with van der Waals surface area (Å²) in [7, 11) is 0. The van der Waals surface area contributed by atoms with Crippen molar-refractivity contribution in [2.45, 2.75) is 44.2 Å². The van der Waals surface area contributed by atoms with Crippen LogP contribution in [0.3, 0.4) is 0 Å². The standard InChI is InChI=1S/C16H22N2O2/c17-9-10-20-15-6-4-5-14(11-15)12-18-16(13-19)7-2-1-3-8-16/h4-6,11,18-19H,1-3,7-8,10,12-13H2. The second kappa shape index (κ2) is 7.28. The highest BCUT2D eigenvalue weighted by Crippen LogP contribution is 2.28. The number of aliphatic hydroxyl groups excluding tert-OH is 1. The van der Waals surface area contributed by atoms with Crippen LogP contribution in [0, 0.1) is 11.3 Å². The molecule has 0 spiro atoms. The van der Waals surface area contributed by atoms with Gasteiger partial charge in [0.2, 0.25) is 0 Å². The number of nitriles is 1. The molecule has 0 radical (unpaired) electrons. The van der Waals surface area contributed by atoms with Crippen molar-refractivity contribution in [3.05, 3.63) is 29.8 Å². The van der Waals surface area contributed by atoms with E-state index in [-0.39, 0.29) is 18.8 Å². The molecule has 0 saturated heterocycles. The van der Waals surface area contributed by atoms with E-state index in [1.807, 2.05) is 30.3 Å². The summed E-state index contributed by atoms with van der Waals surface area (Å²) >= 11 is 0. The topological polar surface area (TPSA) is 65.3 Å². The van der Waals surface area contributed by atoms with Gasteiger partial charge in [-0.05, 0) is 30.5 Å². The fraction of sp³-hybridized carbons (Fsp3) is 0.562. The molecule has 2 N–H and O–H groups in total. The lowest BCUT2D eigenvalue weighted by Gasteiger charge is -2.36. The van der Waals surface area contributed by atoms with Crippen molar-refractivity contribution in [2.75, 3.05) is 13.2 Å². The molecule has 1 aliphatic carbocycles. The average molecular weight is 274 g/mol. The highest BCUT2D eigenvalue weighted by atomic mass is 16.5. The monoisotopic (exact) mass is 274 g/mol. The van der Waals surface area contributed by atoms with Gasteiger partial charge in [-0.3, -0.25) is 0 Å². The molecule has 1 aliphatic rings. The Bertz CT molecular complexity index is 462. The first kappa shape index (κ1) is 14.8. The predicted molar refractivity (Wildman–Crippen MR) is 77.3 cm³/mol. The summed E-state index contributed by atoms with van der Waals surface area (Å²) in [5.74, 6) is 0.715. The van der Waals surface area contributed by atoms with Crippen LogP contribution in [0.5, 0.6) is 5.75 Å². The molecule has 0 bridgehead atoms. The number of nitrogens with zero attached hydrogens (tertiary/aromatic N) is 1. The smallest absolute Gasteiger partial charge is 0.174 e. The molecule has 0 aliphatic heterocycles. The third-order valence-electron chi connectivity index (χ3n) is 3.98. The Morgan fingerprint density at radius 2 is 2.10 bits per heavy atom. The minimum absolute atomic E-state index is 0.0669. The molecular formula is C16H22N2O2. The quantitative estimate of drug-likeness (QED) is 0.836. The molecular weight excluding hydrogens is 252 g/mol. The Kier molecular flexibility index (Phi) is 5.40. The summed E-state index contributed by atoms with van der Waals surface area (Å²) in [6.45, 7) is 0.972. The molecule has 1 saturated carbocycles. The first-order valence-corrected chi connectivity index (χ1v) is 7.23. The van der Waals surface area contributed by atoms with Crippen molar-refractivity contribution in [1.82, 2.24) is 5.32 Å². The van der Waals surface area contributed by atoms with Gasteiger partial charge in [0.05, 0.1) is 6.61 Å². The zero-order valence-corrected chi connectivity index (χ0v) is 11.8. The number of ether oxygens (including phenoxy) is 1. The van der Waals surface area contributed by atoms with Gasteiger partial charge in [-0.1, -0.05) is 31.4 Å². The van der Waals surface area contributed by atoms with Gasteiger partial charge in [0, 0.05) is 12.1 Å². The van der Waals surface area contributed by atoms with E-state index in [0.717, 1.165) is 18.4 Å². The SMILES string of the molecule is N#CCOc1cccc(CNC2(CO)CCCCC2)c1. The first-order valence-electron chi connectivity index (χ1n) is 7.23. The van der Waals surface area contributed by atoms with E-state index in [1.165, 1.54) is 19.3 Å². The fourth-order valence-electron chi connectivity index (χ4n) is 2.77. The summed E-state index contributed by atoms with van der Waals surface area (Å²) in [5, 5.41) is 21.7.